The number of carboxylic acid groups (broad SMARTS) is 1. The molecule has 0 amide bonds. The molecule has 2 heterocycles. The smallest absolute Gasteiger partial charge is 0.341 e. The highest BCUT2D eigenvalue weighted by molar-refractivity contribution is 5.98. The minimum Gasteiger partial charge on any atom is -0.477 e. The normalized spacial score (nSPS) is 10.8. The Kier molecular flexibility index (Phi) is 3.06. The van der Waals surface area contributed by atoms with Crippen LogP contribution in [0.2, 0.25) is 0 Å². The molecule has 0 aliphatic rings. The van der Waals surface area contributed by atoms with Crippen LogP contribution in [0.3, 0.4) is 0 Å². The van der Waals surface area contributed by atoms with E-state index in [2.05, 4.69) is 10.1 Å². The number of carbonyl (C=O) groups is 1. The second-order valence-corrected chi connectivity index (χ2v) is 4.73. The second kappa shape index (κ2) is 4.90. The third-order valence-electron chi connectivity index (χ3n) is 3.18. The fraction of sp³-hybridized carbons (Fsp3) is 0.133. The minimum atomic E-state index is -1.09. The molecule has 0 saturated heterocycles. The van der Waals surface area contributed by atoms with Gasteiger partial charge >= 0.3 is 5.97 Å². The van der Waals surface area contributed by atoms with Crippen LogP contribution in [-0.2, 0) is 7.05 Å². The SMILES string of the molecule is Cc1ccc(Oc2c(C(=O)O)cnc3c2cnn3C)cc1. The van der Waals surface area contributed by atoms with Crippen LogP contribution in [0.1, 0.15) is 15.9 Å². The maximum atomic E-state index is 11.4. The molecule has 1 aromatic carbocycles. The Balaban J connectivity index is 2.16. The minimum absolute atomic E-state index is 0.0103. The Bertz CT molecular complexity index is 822. The van der Waals surface area contributed by atoms with Gasteiger partial charge in [-0.3, -0.25) is 4.68 Å². The topological polar surface area (TPSA) is 77.2 Å². The first-order chi connectivity index (χ1) is 10.1. The van der Waals surface area contributed by atoms with Gasteiger partial charge in [0.05, 0.1) is 11.6 Å². The van der Waals surface area contributed by atoms with Crippen molar-refractivity contribution in [3.63, 3.8) is 0 Å². The van der Waals surface area contributed by atoms with Crippen molar-refractivity contribution in [1.82, 2.24) is 14.8 Å². The first-order valence-corrected chi connectivity index (χ1v) is 6.35. The lowest BCUT2D eigenvalue weighted by Gasteiger charge is -2.10. The number of ether oxygens (including phenoxy) is 1. The van der Waals surface area contributed by atoms with Gasteiger partial charge in [0.15, 0.2) is 11.4 Å². The highest BCUT2D eigenvalue weighted by Gasteiger charge is 2.19. The van der Waals surface area contributed by atoms with E-state index < -0.39 is 5.97 Å². The molecule has 106 valence electrons. The van der Waals surface area contributed by atoms with Gasteiger partial charge in [0.25, 0.3) is 0 Å². The number of aryl methyl sites for hydroxylation is 2. The molecule has 0 bridgehead atoms. The molecule has 0 spiro atoms. The van der Waals surface area contributed by atoms with Gasteiger partial charge in [-0.25, -0.2) is 9.78 Å². The molecular weight excluding hydrogens is 270 g/mol. The number of carboxylic acids is 1. The van der Waals surface area contributed by atoms with Crippen molar-refractivity contribution < 1.29 is 14.6 Å². The van der Waals surface area contributed by atoms with Crippen LogP contribution >= 0.6 is 0 Å². The standard InChI is InChI=1S/C15H13N3O3/c1-9-3-5-10(6-4-9)21-13-11-8-17-18(2)14(11)16-7-12(13)15(19)20/h3-8H,1-2H3,(H,19,20). The zero-order chi connectivity index (χ0) is 15.0. The summed E-state index contributed by atoms with van der Waals surface area (Å²) in [5.41, 5.74) is 1.68. The first kappa shape index (κ1) is 13.1. The van der Waals surface area contributed by atoms with Gasteiger partial charge in [-0.1, -0.05) is 17.7 Å². The van der Waals surface area contributed by atoms with E-state index in [0.717, 1.165) is 5.56 Å². The molecule has 6 nitrogen and oxygen atoms in total. The van der Waals surface area contributed by atoms with Crippen molar-refractivity contribution in [2.45, 2.75) is 6.92 Å². The van der Waals surface area contributed by atoms with E-state index in [4.69, 9.17) is 4.74 Å². The number of pyridine rings is 1. The van der Waals surface area contributed by atoms with Gasteiger partial charge in [0.2, 0.25) is 0 Å². The summed E-state index contributed by atoms with van der Waals surface area (Å²) < 4.78 is 7.35. The zero-order valence-corrected chi connectivity index (χ0v) is 11.6. The Morgan fingerprint density at radius 1 is 1.24 bits per heavy atom. The monoisotopic (exact) mass is 283 g/mol. The molecule has 3 rings (SSSR count). The number of aromatic nitrogens is 3. The van der Waals surface area contributed by atoms with Crippen LogP contribution in [-0.4, -0.2) is 25.8 Å². The number of rotatable bonds is 3. The summed E-state index contributed by atoms with van der Waals surface area (Å²) >= 11 is 0. The molecule has 0 aliphatic carbocycles. The van der Waals surface area contributed by atoms with Crippen molar-refractivity contribution in [2.24, 2.45) is 7.05 Å². The lowest BCUT2D eigenvalue weighted by atomic mass is 10.2. The van der Waals surface area contributed by atoms with Gasteiger partial charge in [-0.05, 0) is 19.1 Å². The highest BCUT2D eigenvalue weighted by Crippen LogP contribution is 2.32. The fourth-order valence-electron chi connectivity index (χ4n) is 2.06. The predicted molar refractivity (Wildman–Crippen MR) is 76.7 cm³/mol. The van der Waals surface area contributed by atoms with Crippen molar-refractivity contribution >= 4 is 17.0 Å². The number of aromatic carboxylic acids is 1. The summed E-state index contributed by atoms with van der Waals surface area (Å²) in [6.45, 7) is 1.97. The largest absolute Gasteiger partial charge is 0.477 e. The Hall–Kier alpha value is -2.89. The molecule has 1 N–H and O–H groups in total. The Labute approximate surface area is 120 Å². The van der Waals surface area contributed by atoms with E-state index in [9.17, 15) is 9.90 Å². The summed E-state index contributed by atoms with van der Waals surface area (Å²) in [5.74, 6) is -0.265. The number of hydrogen-bond acceptors (Lipinski definition) is 4. The average molecular weight is 283 g/mol. The van der Waals surface area contributed by atoms with Crippen LogP contribution in [0.5, 0.6) is 11.5 Å². The summed E-state index contributed by atoms with van der Waals surface area (Å²) in [4.78, 5) is 15.5. The van der Waals surface area contributed by atoms with E-state index in [1.807, 2.05) is 19.1 Å². The van der Waals surface area contributed by atoms with Gasteiger partial charge in [0, 0.05) is 13.2 Å². The molecule has 0 atom stereocenters. The zero-order valence-electron chi connectivity index (χ0n) is 11.6. The maximum Gasteiger partial charge on any atom is 0.341 e. The highest BCUT2D eigenvalue weighted by atomic mass is 16.5. The van der Waals surface area contributed by atoms with Crippen LogP contribution in [0.4, 0.5) is 0 Å². The number of hydrogen-bond donors (Lipinski definition) is 1. The van der Waals surface area contributed by atoms with Crippen molar-refractivity contribution in [3.05, 3.63) is 47.8 Å². The maximum absolute atomic E-state index is 11.4. The Morgan fingerprint density at radius 2 is 1.95 bits per heavy atom. The molecular formula is C15H13N3O3. The number of benzene rings is 1. The lowest BCUT2D eigenvalue weighted by Crippen LogP contribution is -2.02. The van der Waals surface area contributed by atoms with Crippen molar-refractivity contribution in [3.8, 4) is 11.5 Å². The predicted octanol–water partition coefficient (Wildman–Crippen LogP) is 2.77. The summed E-state index contributed by atoms with van der Waals surface area (Å²) in [6.07, 6.45) is 2.84. The number of fused-ring (bicyclic) bond motifs is 1. The van der Waals surface area contributed by atoms with E-state index in [1.54, 1.807) is 30.1 Å². The lowest BCUT2D eigenvalue weighted by molar-refractivity contribution is 0.0694. The third-order valence-corrected chi connectivity index (χ3v) is 3.18. The Morgan fingerprint density at radius 3 is 2.62 bits per heavy atom. The van der Waals surface area contributed by atoms with Crippen LogP contribution in [0.25, 0.3) is 11.0 Å². The fourth-order valence-corrected chi connectivity index (χ4v) is 2.06. The van der Waals surface area contributed by atoms with Crippen molar-refractivity contribution in [1.29, 1.82) is 0 Å². The molecule has 6 heteroatoms. The molecule has 21 heavy (non-hydrogen) atoms. The van der Waals surface area contributed by atoms with E-state index in [-0.39, 0.29) is 11.3 Å². The first-order valence-electron chi connectivity index (χ1n) is 6.35. The van der Waals surface area contributed by atoms with Gasteiger partial charge in [-0.15, -0.1) is 0 Å². The molecule has 2 aromatic heterocycles. The molecule has 0 saturated carbocycles. The molecule has 0 radical (unpaired) electrons. The number of nitrogens with zero attached hydrogens (tertiary/aromatic N) is 3. The van der Waals surface area contributed by atoms with E-state index >= 15 is 0 Å². The summed E-state index contributed by atoms with van der Waals surface area (Å²) in [6, 6.07) is 7.39. The van der Waals surface area contributed by atoms with Gasteiger partial charge in [0.1, 0.15) is 11.3 Å². The molecule has 0 aliphatic heterocycles. The molecule has 0 fully saturated rings. The van der Waals surface area contributed by atoms with Crippen LogP contribution in [0, 0.1) is 6.92 Å². The quantitative estimate of drug-likeness (QED) is 0.799. The van der Waals surface area contributed by atoms with Crippen molar-refractivity contribution in [2.75, 3.05) is 0 Å². The van der Waals surface area contributed by atoms with Crippen LogP contribution < -0.4 is 4.74 Å². The summed E-state index contributed by atoms with van der Waals surface area (Å²) in [7, 11) is 1.74. The van der Waals surface area contributed by atoms with Gasteiger partial charge in [-0.2, -0.15) is 5.10 Å². The second-order valence-electron chi connectivity index (χ2n) is 4.73. The van der Waals surface area contributed by atoms with Crippen LogP contribution in [0.15, 0.2) is 36.7 Å². The van der Waals surface area contributed by atoms with E-state index in [1.165, 1.54) is 6.20 Å². The molecule has 0 unspecified atom stereocenters. The average Bonchev–Trinajstić information content (AvgIpc) is 2.83. The summed E-state index contributed by atoms with van der Waals surface area (Å²) in [5, 5.41) is 14.0. The van der Waals surface area contributed by atoms with E-state index in [0.29, 0.717) is 16.8 Å². The van der Waals surface area contributed by atoms with Gasteiger partial charge < -0.3 is 9.84 Å². The third kappa shape index (κ3) is 2.31. The molecule has 3 aromatic rings.